The number of carboxylic acid groups (broad SMARTS) is 1. The summed E-state index contributed by atoms with van der Waals surface area (Å²) in [5, 5.41) is 16.5. The van der Waals surface area contributed by atoms with Crippen molar-refractivity contribution in [2.45, 2.75) is 71.1 Å². The van der Waals surface area contributed by atoms with Crippen LogP contribution in [-0.4, -0.2) is 65.5 Å². The normalized spacial score (nSPS) is 14.7. The lowest BCUT2D eigenvalue weighted by molar-refractivity contribution is -0.142. The van der Waals surface area contributed by atoms with Gasteiger partial charge in [0.25, 0.3) is 0 Å². The number of rotatable bonds is 13. The average Bonchev–Trinajstić information content (AvgIpc) is 2.62. The zero-order valence-electron chi connectivity index (χ0n) is 18.0. The molecule has 10 N–H and O–H groups in total. The molecule has 4 atom stereocenters. The molecule has 172 valence electrons. The number of nitrogens with zero attached hydrogens (tertiary/aromatic N) is 1. The van der Waals surface area contributed by atoms with Crippen LogP contribution in [0, 0.1) is 5.92 Å². The van der Waals surface area contributed by atoms with Crippen LogP contribution in [0.1, 0.15) is 47.0 Å². The summed E-state index contributed by atoms with van der Waals surface area (Å²) >= 11 is 0. The van der Waals surface area contributed by atoms with Gasteiger partial charge < -0.3 is 38.3 Å². The highest BCUT2D eigenvalue weighted by molar-refractivity contribution is 5.93. The van der Waals surface area contributed by atoms with E-state index in [0.717, 1.165) is 0 Å². The molecule has 0 aromatic heterocycles. The monoisotopic (exact) mass is 429 g/mol. The third-order valence-corrected chi connectivity index (χ3v) is 4.13. The van der Waals surface area contributed by atoms with E-state index in [4.69, 9.17) is 17.2 Å². The molecule has 0 saturated heterocycles. The molecule has 0 bridgehead atoms. The number of nitrogens with one attached hydrogen (secondary N) is 3. The first kappa shape index (κ1) is 27.1. The molecule has 0 saturated carbocycles. The van der Waals surface area contributed by atoms with Crippen molar-refractivity contribution < 1.29 is 24.3 Å². The summed E-state index contributed by atoms with van der Waals surface area (Å²) in [7, 11) is 0. The minimum Gasteiger partial charge on any atom is -0.480 e. The number of guanidine groups is 1. The molecule has 0 radical (unpaired) electrons. The number of nitrogens with two attached hydrogens (primary N) is 3. The number of carbonyl (C=O) groups is 4. The van der Waals surface area contributed by atoms with Gasteiger partial charge in [-0.1, -0.05) is 13.8 Å². The summed E-state index contributed by atoms with van der Waals surface area (Å²) in [6.45, 7) is 6.95. The lowest BCUT2D eigenvalue weighted by atomic mass is 10.0. The Morgan fingerprint density at radius 2 is 1.40 bits per heavy atom. The first-order chi connectivity index (χ1) is 13.8. The van der Waals surface area contributed by atoms with Crippen LogP contribution in [0.3, 0.4) is 0 Å². The summed E-state index contributed by atoms with van der Waals surface area (Å²) in [6, 6.07) is -3.82. The Bertz CT molecular complexity index is 634. The van der Waals surface area contributed by atoms with Crippen LogP contribution in [0.5, 0.6) is 0 Å². The Morgan fingerprint density at radius 3 is 1.87 bits per heavy atom. The maximum Gasteiger partial charge on any atom is 0.326 e. The second-order valence-corrected chi connectivity index (χ2v) is 7.54. The highest BCUT2D eigenvalue weighted by atomic mass is 16.4. The van der Waals surface area contributed by atoms with Crippen LogP contribution in [0.25, 0.3) is 0 Å². The summed E-state index contributed by atoms with van der Waals surface area (Å²) in [4.78, 5) is 51.6. The second-order valence-electron chi connectivity index (χ2n) is 7.54. The number of carbonyl (C=O) groups excluding carboxylic acids is 3. The minimum atomic E-state index is -1.22. The van der Waals surface area contributed by atoms with Gasteiger partial charge in [-0.2, -0.15) is 0 Å². The topological polar surface area (TPSA) is 215 Å². The highest BCUT2D eigenvalue weighted by Gasteiger charge is 2.26. The summed E-state index contributed by atoms with van der Waals surface area (Å²) in [5.74, 6) is -2.83. The van der Waals surface area contributed by atoms with E-state index in [1.807, 2.05) is 13.8 Å². The fourth-order valence-electron chi connectivity index (χ4n) is 2.46. The molecule has 0 aliphatic rings. The van der Waals surface area contributed by atoms with Crippen molar-refractivity contribution in [1.82, 2.24) is 16.0 Å². The number of hydrogen-bond donors (Lipinski definition) is 7. The van der Waals surface area contributed by atoms with Gasteiger partial charge in [0.05, 0.1) is 6.04 Å². The van der Waals surface area contributed by atoms with Crippen LogP contribution < -0.4 is 33.2 Å². The van der Waals surface area contributed by atoms with Crippen LogP contribution in [0.15, 0.2) is 4.99 Å². The van der Waals surface area contributed by atoms with Crippen molar-refractivity contribution in [2.75, 3.05) is 6.54 Å². The SMILES string of the molecule is CC(C)CC(N)C(=O)NC(C)C(=O)NC(C)C(=O)NC(CCCN=C(N)N)C(=O)O. The molecule has 12 nitrogen and oxygen atoms in total. The van der Waals surface area contributed by atoms with Gasteiger partial charge in [-0.25, -0.2) is 4.79 Å². The molecule has 0 rings (SSSR count). The lowest BCUT2D eigenvalue weighted by Crippen LogP contribution is -2.55. The van der Waals surface area contributed by atoms with Crippen LogP contribution >= 0.6 is 0 Å². The van der Waals surface area contributed by atoms with Gasteiger partial charge in [-0.15, -0.1) is 0 Å². The number of amides is 3. The zero-order chi connectivity index (χ0) is 23.4. The maximum atomic E-state index is 12.2. The number of aliphatic imine (C=N–C) groups is 1. The first-order valence-corrected chi connectivity index (χ1v) is 9.80. The highest BCUT2D eigenvalue weighted by Crippen LogP contribution is 2.03. The molecule has 12 heteroatoms. The second kappa shape index (κ2) is 13.4. The Labute approximate surface area is 176 Å². The van der Waals surface area contributed by atoms with E-state index in [-0.39, 0.29) is 24.8 Å². The van der Waals surface area contributed by atoms with Gasteiger partial charge in [0.15, 0.2) is 5.96 Å². The fourth-order valence-corrected chi connectivity index (χ4v) is 2.46. The fraction of sp³-hybridized carbons (Fsp3) is 0.722. The van der Waals surface area contributed by atoms with Gasteiger partial charge in [0, 0.05) is 6.54 Å². The van der Waals surface area contributed by atoms with E-state index in [1.165, 1.54) is 13.8 Å². The molecular weight excluding hydrogens is 394 g/mol. The van der Waals surface area contributed by atoms with Crippen molar-refractivity contribution in [3.05, 3.63) is 0 Å². The molecule has 0 aromatic carbocycles. The van der Waals surface area contributed by atoms with Gasteiger partial charge in [-0.05, 0) is 39.0 Å². The van der Waals surface area contributed by atoms with E-state index in [2.05, 4.69) is 20.9 Å². The van der Waals surface area contributed by atoms with Gasteiger partial charge in [-0.3, -0.25) is 19.4 Å². The van der Waals surface area contributed by atoms with Crippen LogP contribution in [0.2, 0.25) is 0 Å². The predicted molar refractivity (Wildman–Crippen MR) is 112 cm³/mol. The first-order valence-electron chi connectivity index (χ1n) is 9.80. The van der Waals surface area contributed by atoms with Gasteiger partial charge in [0.2, 0.25) is 17.7 Å². The van der Waals surface area contributed by atoms with Gasteiger partial charge in [0.1, 0.15) is 18.1 Å². The lowest BCUT2D eigenvalue weighted by Gasteiger charge is -2.22. The van der Waals surface area contributed by atoms with Crippen molar-refractivity contribution in [3.63, 3.8) is 0 Å². The minimum absolute atomic E-state index is 0.103. The molecule has 0 fully saturated rings. The molecule has 0 heterocycles. The molecular formula is C18H35N7O5. The third-order valence-electron chi connectivity index (χ3n) is 4.13. The standard InChI is InChI=1S/C18H35N7O5/c1-9(2)8-12(19)16(28)24-10(3)14(26)23-11(4)15(27)25-13(17(29)30)6-5-7-22-18(20)21/h9-13H,5-8,19H2,1-4H3,(H,23,26)(H,24,28)(H,25,27)(H,29,30)(H4,20,21,22). The quantitative estimate of drug-likeness (QED) is 0.0983. The molecule has 4 unspecified atom stereocenters. The smallest absolute Gasteiger partial charge is 0.326 e. The molecule has 0 aliphatic heterocycles. The third kappa shape index (κ3) is 11.2. The van der Waals surface area contributed by atoms with Crippen molar-refractivity contribution in [2.24, 2.45) is 28.1 Å². The van der Waals surface area contributed by atoms with E-state index in [9.17, 15) is 24.3 Å². The number of hydrogen-bond acceptors (Lipinski definition) is 6. The summed E-state index contributed by atoms with van der Waals surface area (Å²) in [5.41, 5.74) is 16.2. The molecule has 3 amide bonds. The van der Waals surface area contributed by atoms with Crippen molar-refractivity contribution in [3.8, 4) is 0 Å². The van der Waals surface area contributed by atoms with E-state index >= 15 is 0 Å². The van der Waals surface area contributed by atoms with Gasteiger partial charge >= 0.3 is 5.97 Å². The van der Waals surface area contributed by atoms with E-state index in [1.54, 1.807) is 0 Å². The Hall–Kier alpha value is -2.89. The van der Waals surface area contributed by atoms with E-state index in [0.29, 0.717) is 12.8 Å². The predicted octanol–water partition coefficient (Wildman–Crippen LogP) is -2.01. The van der Waals surface area contributed by atoms with Crippen LogP contribution in [0.4, 0.5) is 0 Å². The Balaban J connectivity index is 4.63. The Kier molecular flexibility index (Phi) is 12.1. The molecule has 0 aromatic rings. The van der Waals surface area contributed by atoms with Crippen molar-refractivity contribution >= 4 is 29.7 Å². The zero-order valence-corrected chi connectivity index (χ0v) is 18.0. The molecule has 30 heavy (non-hydrogen) atoms. The Morgan fingerprint density at radius 1 is 0.900 bits per heavy atom. The molecule has 0 aliphatic carbocycles. The van der Waals surface area contributed by atoms with Crippen molar-refractivity contribution in [1.29, 1.82) is 0 Å². The maximum absolute atomic E-state index is 12.2. The number of carboxylic acids is 1. The largest absolute Gasteiger partial charge is 0.480 e. The van der Waals surface area contributed by atoms with Crippen LogP contribution in [-0.2, 0) is 19.2 Å². The number of aliphatic carboxylic acids is 1. The summed E-state index contributed by atoms with van der Waals surface area (Å²) in [6.07, 6.45) is 0.924. The molecule has 0 spiro atoms. The van der Waals surface area contributed by atoms with E-state index < -0.39 is 47.9 Å². The average molecular weight is 430 g/mol. The summed E-state index contributed by atoms with van der Waals surface area (Å²) < 4.78 is 0.